The summed E-state index contributed by atoms with van der Waals surface area (Å²) in [5.41, 5.74) is 0.921. The van der Waals surface area contributed by atoms with Crippen LogP contribution in [0.1, 0.15) is 20.7 Å². The maximum atomic E-state index is 10.8. The van der Waals surface area contributed by atoms with Crippen molar-refractivity contribution in [3.8, 4) is 17.2 Å². The fraction of sp³-hybridized carbons (Fsp3) is 0.125. The van der Waals surface area contributed by atoms with Crippen LogP contribution in [-0.4, -0.2) is 36.7 Å². The highest BCUT2D eigenvalue weighted by atomic mass is 16.5. The second kappa shape index (κ2) is 8.31. The van der Waals surface area contributed by atoms with Gasteiger partial charge in [-0.25, -0.2) is 4.79 Å². The zero-order chi connectivity index (χ0) is 16.5. The van der Waals surface area contributed by atoms with Gasteiger partial charge in [0.15, 0.2) is 11.5 Å². The highest BCUT2D eigenvalue weighted by Gasteiger charge is 2.02. The highest BCUT2D eigenvalue weighted by molar-refractivity contribution is 5.89. The zero-order valence-electron chi connectivity index (χ0n) is 12.1. The lowest BCUT2D eigenvalue weighted by atomic mass is 10.2. The molecule has 0 amide bonds. The average Bonchev–Trinajstić information content (AvgIpc) is 2.56. The van der Waals surface area contributed by atoms with Crippen LogP contribution in [0.15, 0.2) is 42.5 Å². The van der Waals surface area contributed by atoms with Gasteiger partial charge in [-0.2, -0.15) is 0 Å². The number of ether oxygens (including phenoxy) is 2. The van der Waals surface area contributed by atoms with Crippen LogP contribution >= 0.6 is 0 Å². The minimum atomic E-state index is -0.398. The Morgan fingerprint density at radius 2 is 1.68 bits per heavy atom. The van der Waals surface area contributed by atoms with Crippen LogP contribution in [0.3, 0.4) is 0 Å². The number of methoxy groups -OCH3 is 2. The second-order valence-electron chi connectivity index (χ2n) is 4.09. The molecule has 22 heavy (non-hydrogen) atoms. The summed E-state index contributed by atoms with van der Waals surface area (Å²) >= 11 is 0. The summed E-state index contributed by atoms with van der Waals surface area (Å²) in [7, 11) is 2.75. The number of hydrogen-bond donors (Lipinski definition) is 2. The molecule has 0 bridgehead atoms. The van der Waals surface area contributed by atoms with E-state index in [-0.39, 0.29) is 11.5 Å². The van der Waals surface area contributed by atoms with E-state index in [1.807, 2.05) is 0 Å². The Morgan fingerprint density at radius 3 is 2.18 bits per heavy atom. The molecular weight excluding hydrogens is 288 g/mol. The molecule has 2 aromatic rings. The molecule has 0 atom stereocenters. The smallest absolute Gasteiger partial charge is 0.337 e. The molecule has 2 aromatic carbocycles. The van der Waals surface area contributed by atoms with Crippen molar-refractivity contribution >= 4 is 12.3 Å². The molecule has 0 spiro atoms. The van der Waals surface area contributed by atoms with Crippen molar-refractivity contribution in [3.63, 3.8) is 0 Å². The number of aldehydes is 1. The van der Waals surface area contributed by atoms with E-state index >= 15 is 0 Å². The number of phenols is 2. The third kappa shape index (κ3) is 4.82. The van der Waals surface area contributed by atoms with Crippen molar-refractivity contribution in [1.29, 1.82) is 0 Å². The molecule has 6 nitrogen and oxygen atoms in total. The molecule has 0 aromatic heterocycles. The molecule has 0 aliphatic rings. The Kier molecular flexibility index (Phi) is 6.43. The molecule has 0 saturated carbocycles. The number of hydrogen-bond acceptors (Lipinski definition) is 6. The minimum Gasteiger partial charge on any atom is -0.508 e. The van der Waals surface area contributed by atoms with Crippen LogP contribution in [0.5, 0.6) is 17.2 Å². The van der Waals surface area contributed by atoms with Crippen molar-refractivity contribution in [3.05, 3.63) is 53.6 Å². The van der Waals surface area contributed by atoms with Crippen molar-refractivity contribution < 1.29 is 29.3 Å². The fourth-order valence-electron chi connectivity index (χ4n) is 1.48. The first-order chi connectivity index (χ1) is 10.5. The molecular formula is C16H16O6. The Labute approximate surface area is 127 Å². The number of rotatable bonds is 3. The van der Waals surface area contributed by atoms with E-state index in [1.54, 1.807) is 0 Å². The lowest BCUT2D eigenvalue weighted by Crippen LogP contribution is -1.99. The van der Waals surface area contributed by atoms with E-state index in [2.05, 4.69) is 4.74 Å². The van der Waals surface area contributed by atoms with Gasteiger partial charge >= 0.3 is 5.97 Å². The number of aromatic hydroxyl groups is 2. The lowest BCUT2D eigenvalue weighted by Gasteiger charge is -2.01. The van der Waals surface area contributed by atoms with Crippen LogP contribution in [0, 0.1) is 0 Å². The van der Waals surface area contributed by atoms with Crippen LogP contribution in [0.25, 0.3) is 0 Å². The van der Waals surface area contributed by atoms with Crippen molar-refractivity contribution in [2.45, 2.75) is 0 Å². The SMILES string of the molecule is COC(=O)c1ccc(O)cc1.COc1cc(C=O)ccc1O. The first-order valence-electron chi connectivity index (χ1n) is 6.21. The minimum absolute atomic E-state index is 0.0399. The zero-order valence-corrected chi connectivity index (χ0v) is 12.1. The van der Waals surface area contributed by atoms with Crippen molar-refractivity contribution in [2.24, 2.45) is 0 Å². The maximum absolute atomic E-state index is 10.8. The van der Waals surface area contributed by atoms with Gasteiger partial charge in [0.25, 0.3) is 0 Å². The van der Waals surface area contributed by atoms with Gasteiger partial charge in [0, 0.05) is 5.56 Å². The molecule has 6 heteroatoms. The number of carbonyl (C=O) groups excluding carboxylic acids is 2. The van der Waals surface area contributed by atoms with Gasteiger partial charge in [-0.1, -0.05) is 0 Å². The normalized spacial score (nSPS) is 9.18. The predicted octanol–water partition coefficient (Wildman–Crippen LogP) is 2.39. The van der Waals surface area contributed by atoms with Gasteiger partial charge in [0.05, 0.1) is 19.8 Å². The molecule has 0 aliphatic heterocycles. The molecule has 0 fully saturated rings. The number of phenolic OH excluding ortho intramolecular Hbond substituents is 2. The molecule has 0 heterocycles. The van der Waals surface area contributed by atoms with E-state index in [4.69, 9.17) is 14.9 Å². The Balaban J connectivity index is 0.000000220. The van der Waals surface area contributed by atoms with Gasteiger partial charge in [-0.3, -0.25) is 4.79 Å². The van der Waals surface area contributed by atoms with Gasteiger partial charge in [0.2, 0.25) is 0 Å². The lowest BCUT2D eigenvalue weighted by molar-refractivity contribution is 0.0600. The summed E-state index contributed by atoms with van der Waals surface area (Å²) in [6.07, 6.45) is 0.696. The number of esters is 1. The van der Waals surface area contributed by atoms with Crippen LogP contribution in [-0.2, 0) is 4.74 Å². The number of carbonyl (C=O) groups is 2. The first kappa shape index (κ1) is 17.0. The molecule has 0 aliphatic carbocycles. The first-order valence-corrected chi connectivity index (χ1v) is 6.21. The molecule has 0 unspecified atom stereocenters. The molecule has 116 valence electrons. The third-order valence-electron chi connectivity index (χ3n) is 2.63. The molecule has 2 N–H and O–H groups in total. The summed E-state index contributed by atoms with van der Waals surface area (Å²) in [5, 5.41) is 17.9. The van der Waals surface area contributed by atoms with E-state index in [0.717, 1.165) is 0 Å². The molecule has 0 saturated heterocycles. The Bertz CT molecular complexity index is 634. The molecule has 0 radical (unpaired) electrons. The summed E-state index contributed by atoms with van der Waals surface area (Å²) < 4.78 is 9.23. The van der Waals surface area contributed by atoms with Crippen LogP contribution in [0.4, 0.5) is 0 Å². The quantitative estimate of drug-likeness (QED) is 0.668. The summed E-state index contributed by atoms with van der Waals surface area (Å²) in [5.74, 6) is 0.0929. The van der Waals surface area contributed by atoms with Gasteiger partial charge < -0.3 is 19.7 Å². The standard InChI is InChI=1S/2C8H8O3/c1-11-8(10)6-2-4-7(9)5-3-6;1-11-8-4-6(5-9)2-3-7(8)10/h2-5,9H,1H3;2-5,10H,1H3. The molecule has 2 rings (SSSR count). The number of benzene rings is 2. The summed E-state index contributed by atoms with van der Waals surface area (Å²) in [6, 6.07) is 10.3. The Morgan fingerprint density at radius 1 is 1.05 bits per heavy atom. The van der Waals surface area contributed by atoms with Crippen molar-refractivity contribution in [2.75, 3.05) is 14.2 Å². The summed E-state index contributed by atoms with van der Waals surface area (Å²) in [6.45, 7) is 0. The van der Waals surface area contributed by atoms with E-state index in [1.165, 1.54) is 56.7 Å². The van der Waals surface area contributed by atoms with Crippen LogP contribution in [0.2, 0.25) is 0 Å². The van der Waals surface area contributed by atoms with E-state index in [0.29, 0.717) is 23.2 Å². The van der Waals surface area contributed by atoms with E-state index in [9.17, 15) is 9.59 Å². The summed E-state index contributed by atoms with van der Waals surface area (Å²) in [4.78, 5) is 21.1. The van der Waals surface area contributed by atoms with E-state index < -0.39 is 5.97 Å². The second-order valence-corrected chi connectivity index (χ2v) is 4.09. The largest absolute Gasteiger partial charge is 0.508 e. The monoisotopic (exact) mass is 304 g/mol. The fourth-order valence-corrected chi connectivity index (χ4v) is 1.48. The van der Waals surface area contributed by atoms with Crippen molar-refractivity contribution in [1.82, 2.24) is 0 Å². The van der Waals surface area contributed by atoms with Crippen LogP contribution < -0.4 is 4.74 Å². The van der Waals surface area contributed by atoms with Gasteiger partial charge in [-0.15, -0.1) is 0 Å². The maximum Gasteiger partial charge on any atom is 0.337 e. The third-order valence-corrected chi connectivity index (χ3v) is 2.63. The average molecular weight is 304 g/mol. The van der Waals surface area contributed by atoms with Gasteiger partial charge in [0.1, 0.15) is 12.0 Å². The Hall–Kier alpha value is -3.02. The topological polar surface area (TPSA) is 93.1 Å². The highest BCUT2D eigenvalue weighted by Crippen LogP contribution is 2.25. The van der Waals surface area contributed by atoms with Gasteiger partial charge in [-0.05, 0) is 42.5 Å². The predicted molar refractivity (Wildman–Crippen MR) is 79.5 cm³/mol.